The van der Waals surface area contributed by atoms with E-state index in [1.54, 1.807) is 0 Å². The van der Waals surface area contributed by atoms with Crippen molar-refractivity contribution in [3.05, 3.63) is 27.7 Å². The van der Waals surface area contributed by atoms with Gasteiger partial charge in [-0.2, -0.15) is 0 Å². The van der Waals surface area contributed by atoms with Crippen LogP contribution in [0.2, 0.25) is 10.0 Å². The molecule has 1 aliphatic rings. The lowest BCUT2D eigenvalue weighted by Crippen LogP contribution is -2.41. The Morgan fingerprint density at radius 3 is 2.52 bits per heavy atom. The summed E-state index contributed by atoms with van der Waals surface area (Å²) in [7, 11) is 0. The fourth-order valence-corrected chi connectivity index (χ4v) is 2.82. The lowest BCUT2D eigenvalue weighted by molar-refractivity contribution is 0.0698. The molecule has 1 aliphatic carbocycles. The van der Waals surface area contributed by atoms with E-state index in [1.165, 1.54) is 18.6 Å². The zero-order chi connectivity index (χ0) is 15.6. The third-order valence-corrected chi connectivity index (χ3v) is 4.28. The zero-order valence-electron chi connectivity index (χ0n) is 11.5. The molecule has 2 amide bonds. The molecule has 3 N–H and O–H groups in total. The van der Waals surface area contributed by atoms with Crippen LogP contribution < -0.4 is 10.6 Å². The number of amides is 2. The van der Waals surface area contributed by atoms with Crippen molar-refractivity contribution >= 4 is 40.9 Å². The molecule has 7 heteroatoms. The second-order valence-corrected chi connectivity index (χ2v) is 6.43. The van der Waals surface area contributed by atoms with Crippen molar-refractivity contribution in [1.29, 1.82) is 0 Å². The van der Waals surface area contributed by atoms with Gasteiger partial charge in [-0.25, -0.2) is 9.59 Å². The Morgan fingerprint density at radius 2 is 2.00 bits per heavy atom. The highest BCUT2D eigenvalue weighted by Crippen LogP contribution is 2.39. The minimum atomic E-state index is -1.21. The van der Waals surface area contributed by atoms with Crippen LogP contribution in [0.25, 0.3) is 0 Å². The van der Waals surface area contributed by atoms with E-state index in [2.05, 4.69) is 17.6 Å². The lowest BCUT2D eigenvalue weighted by atomic mass is 9.70. The van der Waals surface area contributed by atoms with Crippen LogP contribution in [0, 0.1) is 5.41 Å². The first-order valence-corrected chi connectivity index (χ1v) is 7.33. The highest BCUT2D eigenvalue weighted by atomic mass is 35.5. The zero-order valence-corrected chi connectivity index (χ0v) is 13.0. The molecule has 0 atom stereocenters. The van der Waals surface area contributed by atoms with E-state index in [9.17, 15) is 9.59 Å². The summed E-state index contributed by atoms with van der Waals surface area (Å²) in [5.74, 6) is -1.21. The summed E-state index contributed by atoms with van der Waals surface area (Å²) >= 11 is 11.7. The van der Waals surface area contributed by atoms with Gasteiger partial charge in [0.2, 0.25) is 0 Å². The van der Waals surface area contributed by atoms with Crippen molar-refractivity contribution in [2.45, 2.75) is 26.2 Å². The predicted molar refractivity (Wildman–Crippen MR) is 82.4 cm³/mol. The van der Waals surface area contributed by atoms with E-state index in [4.69, 9.17) is 28.3 Å². The van der Waals surface area contributed by atoms with Crippen LogP contribution >= 0.6 is 23.2 Å². The summed E-state index contributed by atoms with van der Waals surface area (Å²) in [4.78, 5) is 23.1. The van der Waals surface area contributed by atoms with E-state index in [1.807, 2.05) is 0 Å². The second-order valence-electron chi connectivity index (χ2n) is 5.59. The summed E-state index contributed by atoms with van der Waals surface area (Å²) in [5, 5.41) is 14.7. The highest BCUT2D eigenvalue weighted by molar-refractivity contribution is 6.37. The second kappa shape index (κ2) is 6.12. The number of anilines is 1. The number of carboxylic acids is 1. The number of carbonyl (C=O) groups excluding carboxylic acids is 1. The molecule has 0 unspecified atom stereocenters. The number of carbonyl (C=O) groups is 2. The topological polar surface area (TPSA) is 78.4 Å². The Balaban J connectivity index is 2.08. The van der Waals surface area contributed by atoms with Crippen molar-refractivity contribution in [1.82, 2.24) is 5.32 Å². The van der Waals surface area contributed by atoms with Crippen molar-refractivity contribution in [3.63, 3.8) is 0 Å². The molecule has 21 heavy (non-hydrogen) atoms. The Morgan fingerprint density at radius 1 is 1.33 bits per heavy atom. The molecule has 1 aromatic carbocycles. The number of halogens is 2. The highest BCUT2D eigenvalue weighted by Gasteiger charge is 2.32. The van der Waals surface area contributed by atoms with Crippen LogP contribution in [0.5, 0.6) is 0 Å². The molecule has 1 fully saturated rings. The van der Waals surface area contributed by atoms with Crippen molar-refractivity contribution in [3.8, 4) is 0 Å². The first kappa shape index (κ1) is 15.9. The molecule has 0 aromatic heterocycles. The SMILES string of the molecule is CC1(CNC(=O)Nc2c(Cl)cc(Cl)cc2C(=O)O)CCC1. The fraction of sp³-hybridized carbons (Fsp3) is 0.429. The number of hydrogen-bond acceptors (Lipinski definition) is 2. The molecule has 0 radical (unpaired) electrons. The van der Waals surface area contributed by atoms with Crippen molar-refractivity contribution in [2.24, 2.45) is 5.41 Å². The normalized spacial score (nSPS) is 16.0. The third-order valence-electron chi connectivity index (χ3n) is 3.76. The number of carboxylic acid groups (broad SMARTS) is 1. The molecule has 2 rings (SSSR count). The van der Waals surface area contributed by atoms with Gasteiger partial charge in [-0.05, 0) is 30.4 Å². The number of benzene rings is 1. The average Bonchev–Trinajstić information content (AvgIpc) is 2.36. The Bertz CT molecular complexity index is 586. The van der Waals surface area contributed by atoms with Gasteiger partial charge >= 0.3 is 12.0 Å². The van der Waals surface area contributed by atoms with Gasteiger partial charge in [-0.1, -0.05) is 36.5 Å². The van der Waals surface area contributed by atoms with E-state index < -0.39 is 12.0 Å². The smallest absolute Gasteiger partial charge is 0.337 e. The van der Waals surface area contributed by atoms with Crippen molar-refractivity contribution < 1.29 is 14.7 Å². The van der Waals surface area contributed by atoms with Crippen LogP contribution in [0.1, 0.15) is 36.5 Å². The molecular formula is C14H16Cl2N2O3. The minimum absolute atomic E-state index is 0.0461. The van der Waals surface area contributed by atoms with Gasteiger partial charge in [-0.15, -0.1) is 0 Å². The molecule has 0 spiro atoms. The van der Waals surface area contributed by atoms with Crippen LogP contribution in [0.15, 0.2) is 12.1 Å². The van der Waals surface area contributed by atoms with Crippen LogP contribution in [-0.4, -0.2) is 23.7 Å². The first-order valence-electron chi connectivity index (χ1n) is 6.58. The number of rotatable bonds is 4. The molecule has 114 valence electrons. The Hall–Kier alpha value is -1.46. The van der Waals surface area contributed by atoms with Crippen LogP contribution in [-0.2, 0) is 0 Å². The Kier molecular flexibility index (Phi) is 4.64. The molecular weight excluding hydrogens is 315 g/mol. The van der Waals surface area contributed by atoms with Gasteiger partial charge in [0.05, 0.1) is 16.3 Å². The lowest BCUT2D eigenvalue weighted by Gasteiger charge is -2.38. The standard InChI is InChI=1S/C14H16Cl2N2O3/c1-14(3-2-4-14)7-17-13(21)18-11-9(12(19)20)5-8(15)6-10(11)16/h5-6H,2-4,7H2,1H3,(H,19,20)(H2,17,18,21). The van der Waals surface area contributed by atoms with E-state index in [0.717, 1.165) is 12.8 Å². The number of nitrogens with one attached hydrogen (secondary N) is 2. The molecule has 5 nitrogen and oxygen atoms in total. The minimum Gasteiger partial charge on any atom is -0.478 e. The molecule has 1 aromatic rings. The fourth-order valence-electron chi connectivity index (χ4n) is 2.28. The average molecular weight is 331 g/mol. The molecule has 1 saturated carbocycles. The maximum absolute atomic E-state index is 11.9. The van der Waals surface area contributed by atoms with Gasteiger partial charge < -0.3 is 15.7 Å². The van der Waals surface area contributed by atoms with Gasteiger partial charge in [0.1, 0.15) is 0 Å². The molecule has 0 aliphatic heterocycles. The van der Waals surface area contributed by atoms with Crippen LogP contribution in [0.3, 0.4) is 0 Å². The summed E-state index contributed by atoms with van der Waals surface area (Å²) in [5.41, 5.74) is 0.0406. The quantitative estimate of drug-likeness (QED) is 0.780. The predicted octanol–water partition coefficient (Wildman–Crippen LogP) is 4.00. The van der Waals surface area contributed by atoms with Crippen molar-refractivity contribution in [2.75, 3.05) is 11.9 Å². The van der Waals surface area contributed by atoms with Gasteiger partial charge in [-0.3, -0.25) is 0 Å². The van der Waals surface area contributed by atoms with E-state index in [-0.39, 0.29) is 26.7 Å². The van der Waals surface area contributed by atoms with Gasteiger partial charge in [0, 0.05) is 11.6 Å². The summed E-state index contributed by atoms with van der Waals surface area (Å²) in [6.45, 7) is 2.65. The molecule has 0 bridgehead atoms. The maximum atomic E-state index is 11.9. The molecule has 0 heterocycles. The first-order chi connectivity index (χ1) is 9.81. The van der Waals surface area contributed by atoms with Gasteiger partial charge in [0.15, 0.2) is 0 Å². The number of hydrogen-bond donors (Lipinski definition) is 3. The monoisotopic (exact) mass is 330 g/mol. The third kappa shape index (κ3) is 3.80. The van der Waals surface area contributed by atoms with Gasteiger partial charge in [0.25, 0.3) is 0 Å². The van der Waals surface area contributed by atoms with E-state index in [0.29, 0.717) is 6.54 Å². The largest absolute Gasteiger partial charge is 0.478 e. The Labute approximate surface area is 132 Å². The summed E-state index contributed by atoms with van der Waals surface area (Å²) < 4.78 is 0. The summed E-state index contributed by atoms with van der Waals surface area (Å²) in [6.07, 6.45) is 3.33. The number of aromatic carboxylic acids is 1. The molecule has 0 saturated heterocycles. The number of urea groups is 1. The summed E-state index contributed by atoms with van der Waals surface area (Å²) in [6, 6.07) is 2.16. The van der Waals surface area contributed by atoms with E-state index >= 15 is 0 Å². The maximum Gasteiger partial charge on any atom is 0.337 e. The van der Waals surface area contributed by atoms with Crippen LogP contribution in [0.4, 0.5) is 10.5 Å².